The molecule has 0 bridgehead atoms. The average molecular weight is 380 g/mol. The molecule has 1 heterocycles. The van der Waals surface area contributed by atoms with Crippen LogP contribution in [0.1, 0.15) is 35.3 Å². The fraction of sp³-hybridized carbons (Fsp3) is 0.150. The smallest absolute Gasteiger partial charge is 0.269 e. The van der Waals surface area contributed by atoms with E-state index in [-0.39, 0.29) is 23.7 Å². The van der Waals surface area contributed by atoms with Gasteiger partial charge < -0.3 is 4.74 Å². The third kappa shape index (κ3) is 3.52. The molecule has 1 aliphatic heterocycles. The van der Waals surface area contributed by atoms with Gasteiger partial charge in [-0.15, -0.1) is 0 Å². The van der Waals surface area contributed by atoms with Crippen LogP contribution >= 0.6 is 0 Å². The lowest BCUT2D eigenvalue weighted by molar-refractivity contribution is -0.384. The Kier molecular flexibility index (Phi) is 5.04. The number of hydrogen-bond acceptors (Lipinski definition) is 6. The molecule has 0 unspecified atom stereocenters. The van der Waals surface area contributed by atoms with Crippen molar-refractivity contribution in [2.45, 2.75) is 20.5 Å². The van der Waals surface area contributed by atoms with E-state index in [0.29, 0.717) is 22.4 Å². The van der Waals surface area contributed by atoms with Crippen molar-refractivity contribution in [3.63, 3.8) is 0 Å². The number of non-ortho nitro benzene ring substituents is 1. The molecule has 2 aromatic rings. The number of imide groups is 1. The molecule has 28 heavy (non-hydrogen) atoms. The summed E-state index contributed by atoms with van der Waals surface area (Å²) in [5, 5.41) is 10.7. The Balaban J connectivity index is 1.87. The number of carbonyl (C=O) groups is 3. The third-order valence-corrected chi connectivity index (χ3v) is 4.28. The standard InChI is InChI=1S/C20H16N2O6/c1-12(23)15-5-8-19-17(9-15)18(20(25)21(19)13(2)24)11-28-10-14-3-6-16(7-4-14)22(26)27/h3-9,11H,10H2,1-2H3. The lowest BCUT2D eigenvalue weighted by Gasteiger charge is -2.12. The van der Waals surface area contributed by atoms with E-state index < -0.39 is 16.7 Å². The van der Waals surface area contributed by atoms with Gasteiger partial charge in [-0.1, -0.05) is 0 Å². The number of ketones is 1. The number of amides is 2. The zero-order valence-corrected chi connectivity index (χ0v) is 15.2. The molecule has 0 aromatic heterocycles. The van der Waals surface area contributed by atoms with Gasteiger partial charge in [0.15, 0.2) is 5.78 Å². The summed E-state index contributed by atoms with van der Waals surface area (Å²) in [5.41, 5.74) is 2.06. The van der Waals surface area contributed by atoms with Gasteiger partial charge in [0.1, 0.15) is 6.61 Å². The molecule has 2 amide bonds. The molecule has 0 saturated heterocycles. The Hall–Kier alpha value is -3.81. The van der Waals surface area contributed by atoms with Crippen LogP contribution in [-0.2, 0) is 20.9 Å². The number of hydrogen-bond donors (Lipinski definition) is 0. The van der Waals surface area contributed by atoms with Gasteiger partial charge in [0, 0.05) is 30.2 Å². The minimum atomic E-state index is -0.535. The van der Waals surface area contributed by atoms with Crippen molar-refractivity contribution in [1.82, 2.24) is 0 Å². The van der Waals surface area contributed by atoms with Gasteiger partial charge in [0.2, 0.25) is 5.91 Å². The van der Waals surface area contributed by atoms with Crippen molar-refractivity contribution in [3.8, 4) is 0 Å². The van der Waals surface area contributed by atoms with Crippen molar-refractivity contribution >= 4 is 34.5 Å². The highest BCUT2D eigenvalue weighted by atomic mass is 16.6. The zero-order valence-electron chi connectivity index (χ0n) is 15.2. The lowest BCUT2D eigenvalue weighted by Crippen LogP contribution is -2.31. The first-order valence-corrected chi connectivity index (χ1v) is 8.35. The van der Waals surface area contributed by atoms with Gasteiger partial charge in [0.25, 0.3) is 11.6 Å². The van der Waals surface area contributed by atoms with E-state index in [4.69, 9.17) is 4.74 Å². The van der Waals surface area contributed by atoms with Crippen LogP contribution in [0.3, 0.4) is 0 Å². The highest BCUT2D eigenvalue weighted by Crippen LogP contribution is 2.37. The molecule has 8 nitrogen and oxygen atoms in total. The van der Waals surface area contributed by atoms with Crippen molar-refractivity contribution < 1.29 is 24.0 Å². The van der Waals surface area contributed by atoms with Gasteiger partial charge in [-0.2, -0.15) is 0 Å². The highest BCUT2D eigenvalue weighted by molar-refractivity contribution is 6.39. The average Bonchev–Trinajstić information content (AvgIpc) is 2.93. The van der Waals surface area contributed by atoms with Gasteiger partial charge in [-0.3, -0.25) is 24.5 Å². The van der Waals surface area contributed by atoms with Crippen LogP contribution in [0.15, 0.2) is 48.7 Å². The maximum absolute atomic E-state index is 12.6. The van der Waals surface area contributed by atoms with Crippen LogP contribution < -0.4 is 4.90 Å². The van der Waals surface area contributed by atoms with Crippen LogP contribution in [0.5, 0.6) is 0 Å². The van der Waals surface area contributed by atoms with E-state index in [1.165, 1.54) is 32.2 Å². The minimum Gasteiger partial charge on any atom is -0.496 e. The lowest BCUT2D eigenvalue weighted by atomic mass is 10.0. The number of rotatable bonds is 5. The van der Waals surface area contributed by atoms with E-state index >= 15 is 0 Å². The number of ether oxygens (including phenoxy) is 1. The van der Waals surface area contributed by atoms with Crippen LogP contribution in [0.4, 0.5) is 11.4 Å². The van der Waals surface area contributed by atoms with Gasteiger partial charge in [-0.25, -0.2) is 4.90 Å². The molecule has 2 aromatic carbocycles. The quantitative estimate of drug-likeness (QED) is 0.259. The molecule has 0 aliphatic carbocycles. The first-order chi connectivity index (χ1) is 13.3. The SMILES string of the molecule is CC(=O)c1ccc2c(c1)C(=COCc1ccc([N+](=O)[O-])cc1)C(=O)N2C(C)=O. The van der Waals surface area contributed by atoms with Crippen LogP contribution in [0, 0.1) is 10.1 Å². The molecule has 0 fully saturated rings. The topological polar surface area (TPSA) is 107 Å². The fourth-order valence-electron chi connectivity index (χ4n) is 2.87. The number of fused-ring (bicyclic) bond motifs is 1. The minimum absolute atomic E-state index is 0.0316. The van der Waals surface area contributed by atoms with E-state index in [0.717, 1.165) is 4.90 Å². The van der Waals surface area contributed by atoms with Crippen LogP contribution in [0.2, 0.25) is 0 Å². The van der Waals surface area contributed by atoms with Gasteiger partial charge in [-0.05, 0) is 42.8 Å². The van der Waals surface area contributed by atoms with E-state index in [1.54, 1.807) is 30.3 Å². The summed E-state index contributed by atoms with van der Waals surface area (Å²) in [6.07, 6.45) is 1.25. The summed E-state index contributed by atoms with van der Waals surface area (Å²) < 4.78 is 5.48. The predicted octanol–water partition coefficient (Wildman–Crippen LogP) is 3.25. The normalized spacial score (nSPS) is 14.1. The molecule has 0 N–H and O–H groups in total. The summed E-state index contributed by atoms with van der Waals surface area (Å²) >= 11 is 0. The Morgan fingerprint density at radius 3 is 2.39 bits per heavy atom. The molecular weight excluding hydrogens is 364 g/mol. The fourth-order valence-corrected chi connectivity index (χ4v) is 2.87. The number of nitro benzene ring substituents is 1. The number of nitro groups is 1. The second-order valence-corrected chi connectivity index (χ2v) is 6.21. The largest absolute Gasteiger partial charge is 0.496 e. The summed E-state index contributed by atoms with van der Waals surface area (Å²) in [6, 6.07) is 10.5. The van der Waals surface area contributed by atoms with Gasteiger partial charge >= 0.3 is 0 Å². The molecular formula is C20H16N2O6. The number of Topliss-reactive ketones (excluding diaryl/α,β-unsaturated/α-hetero) is 1. The van der Waals surface area contributed by atoms with Crippen molar-refractivity contribution in [2.24, 2.45) is 0 Å². The van der Waals surface area contributed by atoms with Crippen molar-refractivity contribution in [1.29, 1.82) is 0 Å². The highest BCUT2D eigenvalue weighted by Gasteiger charge is 2.35. The number of benzene rings is 2. The third-order valence-electron chi connectivity index (χ3n) is 4.28. The second-order valence-electron chi connectivity index (χ2n) is 6.21. The second kappa shape index (κ2) is 7.43. The molecule has 0 atom stereocenters. The molecule has 3 rings (SSSR count). The number of carbonyl (C=O) groups excluding carboxylic acids is 3. The number of nitrogens with zero attached hydrogens (tertiary/aromatic N) is 2. The molecule has 142 valence electrons. The maximum Gasteiger partial charge on any atom is 0.269 e. The maximum atomic E-state index is 12.6. The van der Waals surface area contributed by atoms with Gasteiger partial charge in [0.05, 0.1) is 22.4 Å². The summed E-state index contributed by atoms with van der Waals surface area (Å²) in [4.78, 5) is 47.4. The van der Waals surface area contributed by atoms with Crippen molar-refractivity contribution in [2.75, 3.05) is 4.90 Å². The Morgan fingerprint density at radius 2 is 1.82 bits per heavy atom. The first-order valence-electron chi connectivity index (χ1n) is 8.35. The predicted molar refractivity (Wildman–Crippen MR) is 100 cm³/mol. The number of anilines is 1. The zero-order chi connectivity index (χ0) is 20.4. The summed E-state index contributed by atoms with van der Waals surface area (Å²) in [6.45, 7) is 2.77. The molecule has 8 heteroatoms. The Morgan fingerprint density at radius 1 is 1.14 bits per heavy atom. The van der Waals surface area contributed by atoms with Crippen LogP contribution in [0.25, 0.3) is 5.57 Å². The first kappa shape index (κ1) is 19.0. The van der Waals surface area contributed by atoms with E-state index in [1.807, 2.05) is 0 Å². The van der Waals surface area contributed by atoms with Crippen molar-refractivity contribution in [3.05, 3.63) is 75.5 Å². The molecule has 0 radical (unpaired) electrons. The molecule has 0 spiro atoms. The van der Waals surface area contributed by atoms with E-state index in [2.05, 4.69) is 0 Å². The molecule has 1 aliphatic rings. The summed E-state index contributed by atoms with van der Waals surface area (Å²) in [5.74, 6) is -1.14. The Labute approximate surface area is 160 Å². The monoisotopic (exact) mass is 380 g/mol. The van der Waals surface area contributed by atoms with Crippen LogP contribution in [-0.4, -0.2) is 22.5 Å². The van der Waals surface area contributed by atoms with E-state index in [9.17, 15) is 24.5 Å². The summed E-state index contributed by atoms with van der Waals surface area (Å²) in [7, 11) is 0. The Bertz CT molecular complexity index is 1020. The molecule has 0 saturated carbocycles.